The summed E-state index contributed by atoms with van der Waals surface area (Å²) in [5, 5.41) is 53.7. The van der Waals surface area contributed by atoms with E-state index in [4.69, 9.17) is 0 Å². The molecule has 218 valence electrons. The molecule has 0 saturated heterocycles. The predicted molar refractivity (Wildman–Crippen MR) is 182 cm³/mol. The minimum atomic E-state index is 0.390. The Morgan fingerprint density at radius 2 is 0.875 bits per heavy atom. The lowest BCUT2D eigenvalue weighted by Gasteiger charge is -2.19. The summed E-state index contributed by atoms with van der Waals surface area (Å²) in [5.74, 6) is 0. The highest BCUT2D eigenvalue weighted by atomic mass is 15.1. The van der Waals surface area contributed by atoms with Gasteiger partial charge in [0, 0.05) is 45.1 Å². The van der Waals surface area contributed by atoms with Gasteiger partial charge in [0.25, 0.3) is 0 Å². The van der Waals surface area contributed by atoms with Crippen molar-refractivity contribution in [3.05, 3.63) is 137 Å². The first-order valence-electron chi connectivity index (χ1n) is 14.8. The number of pyridine rings is 1. The highest BCUT2D eigenvalue weighted by molar-refractivity contribution is 6.12. The van der Waals surface area contributed by atoms with Crippen LogP contribution in [0.4, 0.5) is 0 Å². The Hall–Kier alpha value is -7.70. The summed E-state index contributed by atoms with van der Waals surface area (Å²) < 4.78 is 4.00. The Bertz CT molecular complexity index is 2750. The zero-order valence-corrected chi connectivity index (χ0v) is 25.0. The average molecular weight is 611 g/mol. The third-order valence-electron chi connectivity index (χ3n) is 8.74. The molecule has 8 nitrogen and oxygen atoms in total. The Morgan fingerprint density at radius 1 is 0.458 bits per heavy atom. The number of hydrogen-bond donors (Lipinski definition) is 0. The molecule has 8 heteroatoms. The fraction of sp³-hybridized carbons (Fsp3) is 0. The number of nitrogens with zero attached hydrogens (tertiary/aromatic N) is 8. The van der Waals surface area contributed by atoms with Crippen molar-refractivity contribution < 1.29 is 0 Å². The SMILES string of the molecule is N#Cc1ccc2c3ccc(C#N)cc3n(-c3cc(C#N)c(-c4cccnc4)cc3-n3c4cc(C#N)ccc4c4ccc(C#N)cc43)c2c1. The molecule has 0 saturated carbocycles. The molecule has 0 amide bonds. The van der Waals surface area contributed by atoms with Crippen LogP contribution >= 0.6 is 0 Å². The highest BCUT2D eigenvalue weighted by Crippen LogP contribution is 2.41. The van der Waals surface area contributed by atoms with Gasteiger partial charge in [0.1, 0.15) is 0 Å². The zero-order valence-electron chi connectivity index (χ0n) is 25.0. The molecule has 0 atom stereocenters. The third kappa shape index (κ3) is 4.08. The molecule has 5 aromatic carbocycles. The van der Waals surface area contributed by atoms with Gasteiger partial charge in [0.15, 0.2) is 0 Å². The van der Waals surface area contributed by atoms with Crippen LogP contribution in [-0.2, 0) is 0 Å². The molecule has 0 N–H and O–H groups in total. The first kappa shape index (κ1) is 27.8. The van der Waals surface area contributed by atoms with Crippen LogP contribution in [0.5, 0.6) is 0 Å². The quantitative estimate of drug-likeness (QED) is 0.197. The Labute approximate surface area is 273 Å². The van der Waals surface area contributed by atoms with Crippen molar-refractivity contribution in [3.63, 3.8) is 0 Å². The van der Waals surface area contributed by atoms with E-state index in [-0.39, 0.29) is 0 Å². The molecular formula is C40H18N8. The van der Waals surface area contributed by atoms with Crippen molar-refractivity contribution in [2.45, 2.75) is 0 Å². The lowest BCUT2D eigenvalue weighted by molar-refractivity contribution is 1.09. The lowest BCUT2D eigenvalue weighted by atomic mass is 9.99. The smallest absolute Gasteiger partial charge is 0.0999 e. The summed E-state index contributed by atoms with van der Waals surface area (Å²) in [4.78, 5) is 4.31. The molecule has 0 aliphatic carbocycles. The monoisotopic (exact) mass is 610 g/mol. The van der Waals surface area contributed by atoms with Gasteiger partial charge in [0.2, 0.25) is 0 Å². The number of hydrogen-bond acceptors (Lipinski definition) is 6. The van der Waals surface area contributed by atoms with E-state index < -0.39 is 0 Å². The van der Waals surface area contributed by atoms with E-state index in [2.05, 4.69) is 35.3 Å². The van der Waals surface area contributed by atoms with E-state index in [9.17, 15) is 26.3 Å². The van der Waals surface area contributed by atoms with E-state index in [0.717, 1.165) is 49.2 Å². The van der Waals surface area contributed by atoms with E-state index in [0.29, 0.717) is 44.8 Å². The summed E-state index contributed by atoms with van der Waals surface area (Å²) in [6.07, 6.45) is 3.37. The van der Waals surface area contributed by atoms with Gasteiger partial charge in [-0.15, -0.1) is 0 Å². The van der Waals surface area contributed by atoms with Crippen LogP contribution in [0.1, 0.15) is 27.8 Å². The molecule has 0 unspecified atom stereocenters. The summed E-state index contributed by atoms with van der Waals surface area (Å²) >= 11 is 0. The number of aromatic nitrogens is 3. The van der Waals surface area contributed by atoms with E-state index in [1.54, 1.807) is 48.8 Å². The van der Waals surface area contributed by atoms with Gasteiger partial charge < -0.3 is 9.13 Å². The van der Waals surface area contributed by atoms with E-state index >= 15 is 0 Å². The fourth-order valence-electron chi connectivity index (χ4n) is 6.62. The molecule has 0 radical (unpaired) electrons. The second kappa shape index (κ2) is 10.7. The number of nitriles is 5. The topological polar surface area (TPSA) is 142 Å². The molecule has 3 heterocycles. The maximum atomic E-state index is 10.5. The molecule has 8 rings (SSSR count). The molecule has 0 spiro atoms. The first-order valence-corrected chi connectivity index (χ1v) is 14.8. The standard InChI is InChI=1S/C40H18N8/c41-18-24-3-7-30-31-8-4-25(19-42)13-36(31)47(35(30)12-24)39-16-29(22-45)34(28-2-1-11-46-23-28)17-40(39)48-37-14-26(20-43)5-9-32(37)33-10-6-27(21-44)15-38(33)48/h1-17,23H. The van der Waals surface area contributed by atoms with Crippen LogP contribution in [0.3, 0.4) is 0 Å². The molecule has 48 heavy (non-hydrogen) atoms. The summed E-state index contributed by atoms with van der Waals surface area (Å²) in [6, 6.07) is 40.7. The van der Waals surface area contributed by atoms with Crippen LogP contribution in [0, 0.1) is 56.7 Å². The molecule has 3 aromatic heterocycles. The first-order chi connectivity index (χ1) is 23.6. The van der Waals surface area contributed by atoms with Crippen molar-refractivity contribution in [1.29, 1.82) is 26.3 Å². The lowest BCUT2D eigenvalue weighted by Crippen LogP contribution is -2.06. The maximum absolute atomic E-state index is 10.5. The van der Waals surface area contributed by atoms with Crippen LogP contribution < -0.4 is 0 Å². The van der Waals surface area contributed by atoms with Gasteiger partial charge >= 0.3 is 0 Å². The van der Waals surface area contributed by atoms with Gasteiger partial charge in [-0.2, -0.15) is 26.3 Å². The molecular weight excluding hydrogens is 592 g/mol. The highest BCUT2D eigenvalue weighted by Gasteiger charge is 2.23. The molecule has 0 fully saturated rings. The Kier molecular flexibility index (Phi) is 6.22. The number of benzene rings is 5. The minimum absolute atomic E-state index is 0.390. The van der Waals surface area contributed by atoms with Gasteiger partial charge in [-0.25, -0.2) is 0 Å². The van der Waals surface area contributed by atoms with Gasteiger partial charge in [-0.1, -0.05) is 30.3 Å². The number of rotatable bonds is 3. The van der Waals surface area contributed by atoms with Crippen LogP contribution in [0.15, 0.2) is 109 Å². The summed E-state index contributed by atoms with van der Waals surface area (Å²) in [7, 11) is 0. The van der Waals surface area contributed by atoms with Crippen LogP contribution in [-0.4, -0.2) is 14.1 Å². The van der Waals surface area contributed by atoms with Crippen molar-refractivity contribution in [2.75, 3.05) is 0 Å². The van der Waals surface area contributed by atoms with E-state index in [1.807, 2.05) is 69.8 Å². The van der Waals surface area contributed by atoms with Crippen LogP contribution in [0.2, 0.25) is 0 Å². The normalized spacial score (nSPS) is 10.8. The van der Waals surface area contributed by atoms with Crippen molar-refractivity contribution in [1.82, 2.24) is 14.1 Å². The van der Waals surface area contributed by atoms with Gasteiger partial charge in [-0.05, 0) is 66.7 Å². The molecule has 0 aliphatic rings. The summed E-state index contributed by atoms with van der Waals surface area (Å²) in [5.41, 5.74) is 7.76. The Morgan fingerprint density at radius 3 is 1.23 bits per heavy atom. The number of fused-ring (bicyclic) bond motifs is 6. The minimum Gasteiger partial charge on any atom is -0.307 e. The summed E-state index contributed by atoms with van der Waals surface area (Å²) in [6.45, 7) is 0. The largest absolute Gasteiger partial charge is 0.307 e. The van der Waals surface area contributed by atoms with Crippen LogP contribution in [0.25, 0.3) is 66.1 Å². The zero-order chi connectivity index (χ0) is 32.9. The van der Waals surface area contributed by atoms with Crippen molar-refractivity contribution >= 4 is 43.6 Å². The van der Waals surface area contributed by atoms with Gasteiger partial charge in [0.05, 0.1) is 91.6 Å². The third-order valence-corrected chi connectivity index (χ3v) is 8.74. The van der Waals surface area contributed by atoms with Crippen molar-refractivity contribution in [2.24, 2.45) is 0 Å². The maximum Gasteiger partial charge on any atom is 0.0999 e. The van der Waals surface area contributed by atoms with Crippen molar-refractivity contribution in [3.8, 4) is 52.8 Å². The molecule has 0 aliphatic heterocycles. The average Bonchev–Trinajstić information content (AvgIpc) is 3.64. The second-order valence-electron chi connectivity index (χ2n) is 11.3. The predicted octanol–water partition coefficient (Wildman–Crippen LogP) is 8.30. The fourth-order valence-corrected chi connectivity index (χ4v) is 6.62. The molecule has 0 bridgehead atoms. The second-order valence-corrected chi connectivity index (χ2v) is 11.3. The Balaban J connectivity index is 1.63. The van der Waals surface area contributed by atoms with Gasteiger partial charge in [-0.3, -0.25) is 4.98 Å². The molecule has 8 aromatic rings. The van der Waals surface area contributed by atoms with E-state index in [1.165, 1.54) is 0 Å².